The van der Waals surface area contributed by atoms with Gasteiger partial charge in [0.05, 0.1) is 30.4 Å². The topological polar surface area (TPSA) is 58.5 Å². The second kappa shape index (κ2) is 8.10. The number of methoxy groups -OCH3 is 1. The number of rotatable bonds is 5. The molecule has 0 radical (unpaired) electrons. The average molecular weight is 350 g/mol. The van der Waals surface area contributed by atoms with Crippen LogP contribution in [0.3, 0.4) is 0 Å². The van der Waals surface area contributed by atoms with Gasteiger partial charge in [-0.3, -0.25) is 4.99 Å². The molecular weight excluding hydrogens is 327 g/mol. The molecule has 7 heteroatoms. The van der Waals surface area contributed by atoms with Crippen LogP contribution in [0.4, 0.5) is 4.39 Å². The van der Waals surface area contributed by atoms with Gasteiger partial charge in [0, 0.05) is 11.9 Å². The van der Waals surface area contributed by atoms with Crippen LogP contribution < -0.4 is 15.4 Å². The van der Waals surface area contributed by atoms with Crippen molar-refractivity contribution in [3.63, 3.8) is 0 Å². The normalized spacial score (nSPS) is 12.8. The second-order valence-corrected chi connectivity index (χ2v) is 6.71. The fraction of sp³-hybridized carbons (Fsp3) is 0.412. The first-order valence-corrected chi connectivity index (χ1v) is 8.49. The van der Waals surface area contributed by atoms with Crippen LogP contribution in [-0.4, -0.2) is 25.1 Å². The van der Waals surface area contributed by atoms with Crippen molar-refractivity contribution in [1.29, 1.82) is 0 Å². The summed E-state index contributed by atoms with van der Waals surface area (Å²) < 4.78 is 18.8. The lowest BCUT2D eigenvalue weighted by Gasteiger charge is -2.18. The monoisotopic (exact) mass is 350 g/mol. The summed E-state index contributed by atoms with van der Waals surface area (Å²) in [5, 5.41) is 7.58. The van der Waals surface area contributed by atoms with E-state index in [2.05, 4.69) is 20.6 Å². The van der Waals surface area contributed by atoms with E-state index in [-0.39, 0.29) is 17.6 Å². The lowest BCUT2D eigenvalue weighted by atomic mass is 10.1. The van der Waals surface area contributed by atoms with E-state index < -0.39 is 0 Å². The van der Waals surface area contributed by atoms with Gasteiger partial charge in [0.25, 0.3) is 0 Å². The Hall–Kier alpha value is -2.15. The molecule has 2 aromatic rings. The smallest absolute Gasteiger partial charge is 0.191 e. The molecular formula is C17H23FN4OS. The van der Waals surface area contributed by atoms with Crippen molar-refractivity contribution in [2.75, 3.05) is 14.2 Å². The van der Waals surface area contributed by atoms with Crippen molar-refractivity contribution >= 4 is 17.3 Å². The van der Waals surface area contributed by atoms with Gasteiger partial charge in [-0.25, -0.2) is 9.37 Å². The van der Waals surface area contributed by atoms with Gasteiger partial charge in [-0.2, -0.15) is 0 Å². The summed E-state index contributed by atoms with van der Waals surface area (Å²) in [4.78, 5) is 9.81. The second-order valence-electron chi connectivity index (χ2n) is 5.43. The third-order valence-corrected chi connectivity index (χ3v) is 4.74. The zero-order valence-electron chi connectivity index (χ0n) is 14.6. The summed E-state index contributed by atoms with van der Waals surface area (Å²) in [7, 11) is 3.16. The zero-order chi connectivity index (χ0) is 17.7. The molecule has 1 aromatic carbocycles. The Morgan fingerprint density at radius 1 is 1.42 bits per heavy atom. The summed E-state index contributed by atoms with van der Waals surface area (Å²) in [6, 6.07) is 4.84. The minimum Gasteiger partial charge on any atom is -0.494 e. The van der Waals surface area contributed by atoms with Crippen LogP contribution in [0, 0.1) is 19.7 Å². The molecule has 0 aliphatic carbocycles. The maximum absolute atomic E-state index is 13.8. The molecule has 2 rings (SSSR count). The van der Waals surface area contributed by atoms with Gasteiger partial charge in [-0.1, -0.05) is 6.07 Å². The Morgan fingerprint density at radius 3 is 2.71 bits per heavy atom. The van der Waals surface area contributed by atoms with E-state index in [4.69, 9.17) is 4.74 Å². The van der Waals surface area contributed by atoms with E-state index >= 15 is 0 Å². The molecule has 1 unspecified atom stereocenters. The predicted molar refractivity (Wildman–Crippen MR) is 96.3 cm³/mol. The van der Waals surface area contributed by atoms with E-state index in [1.807, 2.05) is 26.8 Å². The predicted octanol–water partition coefficient (Wildman–Crippen LogP) is 3.33. The first kappa shape index (κ1) is 18.2. The van der Waals surface area contributed by atoms with Gasteiger partial charge >= 0.3 is 0 Å². The number of halogens is 1. The maximum atomic E-state index is 13.8. The molecule has 1 atom stereocenters. The Morgan fingerprint density at radius 2 is 2.17 bits per heavy atom. The molecule has 0 aliphatic heterocycles. The van der Waals surface area contributed by atoms with Crippen LogP contribution in [0.15, 0.2) is 23.2 Å². The van der Waals surface area contributed by atoms with Gasteiger partial charge in [-0.05, 0) is 38.5 Å². The summed E-state index contributed by atoms with van der Waals surface area (Å²) in [6.07, 6.45) is 0. The highest BCUT2D eigenvalue weighted by molar-refractivity contribution is 7.11. The Labute approximate surface area is 146 Å². The SMILES string of the molecule is CN=C(NCc1sc(C)nc1C)NC(C)c1ccc(OC)c(F)c1. The van der Waals surface area contributed by atoms with Crippen LogP contribution in [0.25, 0.3) is 0 Å². The van der Waals surface area contributed by atoms with Crippen LogP contribution in [0.1, 0.15) is 34.1 Å². The zero-order valence-corrected chi connectivity index (χ0v) is 15.4. The lowest BCUT2D eigenvalue weighted by Crippen LogP contribution is -2.38. The molecule has 0 fully saturated rings. The van der Waals surface area contributed by atoms with Gasteiger partial charge in [0.15, 0.2) is 17.5 Å². The van der Waals surface area contributed by atoms with Crippen LogP contribution >= 0.6 is 11.3 Å². The highest BCUT2D eigenvalue weighted by Gasteiger charge is 2.12. The van der Waals surface area contributed by atoms with Gasteiger partial charge in [-0.15, -0.1) is 11.3 Å². The van der Waals surface area contributed by atoms with Crippen molar-refractivity contribution in [1.82, 2.24) is 15.6 Å². The summed E-state index contributed by atoms with van der Waals surface area (Å²) in [5.41, 5.74) is 1.85. The van der Waals surface area contributed by atoms with Crippen LogP contribution in [0.2, 0.25) is 0 Å². The summed E-state index contributed by atoms with van der Waals surface area (Å²) in [5.74, 6) is 0.524. The number of thiazole rings is 1. The number of aromatic nitrogens is 1. The maximum Gasteiger partial charge on any atom is 0.191 e. The highest BCUT2D eigenvalue weighted by atomic mass is 32.1. The van der Waals surface area contributed by atoms with Crippen LogP contribution in [-0.2, 0) is 6.54 Å². The molecule has 1 aromatic heterocycles. The summed E-state index contributed by atoms with van der Waals surface area (Å²) in [6.45, 7) is 6.60. The average Bonchev–Trinajstić information content (AvgIpc) is 2.88. The molecule has 0 spiro atoms. The molecule has 0 amide bonds. The molecule has 0 saturated heterocycles. The Bertz CT molecular complexity index is 729. The third kappa shape index (κ3) is 4.44. The lowest BCUT2D eigenvalue weighted by molar-refractivity contribution is 0.386. The molecule has 2 N–H and O–H groups in total. The number of ether oxygens (including phenoxy) is 1. The Balaban J connectivity index is 1.99. The van der Waals surface area contributed by atoms with Crippen molar-refractivity contribution in [2.45, 2.75) is 33.4 Å². The van der Waals surface area contributed by atoms with Crippen molar-refractivity contribution < 1.29 is 9.13 Å². The number of nitrogens with one attached hydrogen (secondary N) is 2. The fourth-order valence-electron chi connectivity index (χ4n) is 2.34. The third-order valence-electron chi connectivity index (χ3n) is 3.67. The fourth-order valence-corrected chi connectivity index (χ4v) is 3.21. The number of hydrogen-bond donors (Lipinski definition) is 2. The van der Waals surface area contributed by atoms with Gasteiger partial charge in [0.2, 0.25) is 0 Å². The molecule has 0 saturated carbocycles. The van der Waals surface area contributed by atoms with E-state index in [0.717, 1.165) is 16.3 Å². The van der Waals surface area contributed by atoms with Crippen LogP contribution in [0.5, 0.6) is 5.75 Å². The summed E-state index contributed by atoms with van der Waals surface area (Å²) >= 11 is 1.67. The van der Waals surface area contributed by atoms with Crippen molar-refractivity contribution in [3.05, 3.63) is 45.2 Å². The number of nitrogens with zero attached hydrogens (tertiary/aromatic N) is 2. The Kier molecular flexibility index (Phi) is 6.14. The molecule has 0 aliphatic rings. The molecule has 24 heavy (non-hydrogen) atoms. The first-order chi connectivity index (χ1) is 11.4. The largest absolute Gasteiger partial charge is 0.494 e. The number of aliphatic imine (C=N–C) groups is 1. The van der Waals surface area contributed by atoms with Crippen molar-refractivity contribution in [2.24, 2.45) is 4.99 Å². The van der Waals surface area contributed by atoms with Crippen molar-refractivity contribution in [3.8, 4) is 5.75 Å². The highest BCUT2D eigenvalue weighted by Crippen LogP contribution is 2.21. The molecule has 5 nitrogen and oxygen atoms in total. The van der Waals surface area contributed by atoms with E-state index in [1.165, 1.54) is 18.1 Å². The molecule has 130 valence electrons. The molecule has 0 bridgehead atoms. The van der Waals surface area contributed by atoms with Gasteiger partial charge in [0.1, 0.15) is 0 Å². The van der Waals surface area contributed by atoms with E-state index in [1.54, 1.807) is 24.5 Å². The minimum absolute atomic E-state index is 0.0964. The number of aryl methyl sites for hydroxylation is 2. The van der Waals surface area contributed by atoms with Gasteiger partial charge < -0.3 is 15.4 Å². The number of hydrogen-bond acceptors (Lipinski definition) is 4. The quantitative estimate of drug-likeness (QED) is 0.641. The first-order valence-electron chi connectivity index (χ1n) is 7.68. The number of benzene rings is 1. The number of guanidine groups is 1. The van der Waals surface area contributed by atoms with E-state index in [0.29, 0.717) is 12.5 Å². The minimum atomic E-state index is -0.373. The molecule has 1 heterocycles. The van der Waals surface area contributed by atoms with E-state index in [9.17, 15) is 4.39 Å². The standard InChI is InChI=1S/C17H23FN4OS/c1-10(13-6-7-15(23-5)14(18)8-13)22-17(19-4)20-9-16-11(2)21-12(3)24-16/h6-8,10H,9H2,1-5H3,(H2,19,20,22).